The zero-order valence-corrected chi connectivity index (χ0v) is 16.4. The lowest BCUT2D eigenvalue weighted by Gasteiger charge is -2.09. The molecule has 0 atom stereocenters. The van der Waals surface area contributed by atoms with Crippen molar-refractivity contribution in [3.63, 3.8) is 0 Å². The SMILES string of the molecule is Cc1ccc(/C=C/c2ccc(-c3ccc(-c4ccccc4)c(F)c3F)cc2)c(F)c1. The molecular formula is C27H19F3. The van der Waals surface area contributed by atoms with Crippen molar-refractivity contribution >= 4 is 12.2 Å². The van der Waals surface area contributed by atoms with E-state index in [1.54, 1.807) is 78.9 Å². The Balaban J connectivity index is 1.60. The smallest absolute Gasteiger partial charge is 0.167 e. The minimum Gasteiger partial charge on any atom is -0.206 e. The molecule has 4 aromatic rings. The summed E-state index contributed by atoms with van der Waals surface area (Å²) >= 11 is 0. The fourth-order valence-corrected chi connectivity index (χ4v) is 3.34. The summed E-state index contributed by atoms with van der Waals surface area (Å²) in [6.45, 7) is 1.84. The zero-order valence-electron chi connectivity index (χ0n) is 16.4. The molecule has 0 aliphatic heterocycles. The molecule has 0 aromatic heterocycles. The second-order valence-electron chi connectivity index (χ2n) is 7.13. The van der Waals surface area contributed by atoms with Gasteiger partial charge in [-0.2, -0.15) is 0 Å². The van der Waals surface area contributed by atoms with Gasteiger partial charge in [0.25, 0.3) is 0 Å². The van der Waals surface area contributed by atoms with E-state index in [2.05, 4.69) is 0 Å². The minimum atomic E-state index is -0.874. The van der Waals surface area contributed by atoms with Gasteiger partial charge in [0.15, 0.2) is 11.6 Å². The molecule has 0 spiro atoms. The molecule has 4 rings (SSSR count). The number of hydrogen-bond acceptors (Lipinski definition) is 0. The Labute approximate surface area is 174 Å². The van der Waals surface area contributed by atoms with Gasteiger partial charge < -0.3 is 0 Å². The van der Waals surface area contributed by atoms with Gasteiger partial charge in [-0.1, -0.05) is 91.0 Å². The van der Waals surface area contributed by atoms with Gasteiger partial charge in [0.2, 0.25) is 0 Å². The van der Waals surface area contributed by atoms with Crippen molar-refractivity contribution in [3.8, 4) is 22.3 Å². The van der Waals surface area contributed by atoms with E-state index >= 15 is 0 Å². The third-order valence-corrected chi connectivity index (χ3v) is 5.00. The summed E-state index contributed by atoms with van der Waals surface area (Å²) < 4.78 is 43.4. The highest BCUT2D eigenvalue weighted by Gasteiger charge is 2.15. The van der Waals surface area contributed by atoms with Gasteiger partial charge in [-0.05, 0) is 35.2 Å². The fourth-order valence-electron chi connectivity index (χ4n) is 3.34. The quantitative estimate of drug-likeness (QED) is 0.305. The largest absolute Gasteiger partial charge is 0.206 e. The maximum absolute atomic E-state index is 14.7. The lowest BCUT2D eigenvalue weighted by atomic mass is 9.98. The van der Waals surface area contributed by atoms with E-state index in [4.69, 9.17) is 0 Å². The monoisotopic (exact) mass is 400 g/mol. The van der Waals surface area contributed by atoms with Crippen LogP contribution >= 0.6 is 0 Å². The van der Waals surface area contributed by atoms with E-state index in [9.17, 15) is 13.2 Å². The van der Waals surface area contributed by atoms with Crippen LogP contribution in [-0.2, 0) is 0 Å². The Morgan fingerprint density at radius 3 is 1.80 bits per heavy atom. The molecule has 30 heavy (non-hydrogen) atoms. The highest BCUT2D eigenvalue weighted by atomic mass is 19.2. The number of halogens is 3. The van der Waals surface area contributed by atoms with Crippen LogP contribution in [0, 0.1) is 24.4 Å². The van der Waals surface area contributed by atoms with Gasteiger partial charge in [-0.15, -0.1) is 0 Å². The summed E-state index contributed by atoms with van der Waals surface area (Å²) in [5.74, 6) is -2.02. The lowest BCUT2D eigenvalue weighted by molar-refractivity contribution is 0.514. The normalized spacial score (nSPS) is 11.2. The third-order valence-electron chi connectivity index (χ3n) is 5.00. The van der Waals surface area contributed by atoms with E-state index in [1.807, 2.05) is 19.1 Å². The van der Waals surface area contributed by atoms with Gasteiger partial charge in [-0.25, -0.2) is 13.2 Å². The molecule has 0 nitrogen and oxygen atoms in total. The molecule has 4 aromatic carbocycles. The van der Waals surface area contributed by atoms with E-state index in [0.717, 1.165) is 11.1 Å². The lowest BCUT2D eigenvalue weighted by Crippen LogP contribution is -1.94. The van der Waals surface area contributed by atoms with Crippen molar-refractivity contribution in [1.82, 2.24) is 0 Å². The number of rotatable bonds is 4. The molecule has 0 aliphatic carbocycles. The van der Waals surface area contributed by atoms with Crippen LogP contribution < -0.4 is 0 Å². The van der Waals surface area contributed by atoms with Gasteiger partial charge >= 0.3 is 0 Å². The first kappa shape index (κ1) is 19.7. The first-order chi connectivity index (χ1) is 14.5. The molecular weight excluding hydrogens is 381 g/mol. The summed E-state index contributed by atoms with van der Waals surface area (Å²) in [6, 6.07) is 24.2. The zero-order chi connectivity index (χ0) is 21.1. The second-order valence-corrected chi connectivity index (χ2v) is 7.13. The predicted octanol–water partition coefficient (Wildman–Crippen LogP) is 7.92. The van der Waals surface area contributed by atoms with Crippen LogP contribution in [0.15, 0.2) is 84.9 Å². The summed E-state index contributed by atoms with van der Waals surface area (Å²) in [6.07, 6.45) is 3.48. The highest BCUT2D eigenvalue weighted by molar-refractivity contribution is 5.74. The van der Waals surface area contributed by atoms with Crippen molar-refractivity contribution in [2.45, 2.75) is 6.92 Å². The molecule has 0 radical (unpaired) electrons. The molecule has 0 heterocycles. The van der Waals surface area contributed by atoms with Crippen LogP contribution in [-0.4, -0.2) is 0 Å². The molecule has 0 fully saturated rings. The van der Waals surface area contributed by atoms with Crippen LogP contribution in [0.2, 0.25) is 0 Å². The molecule has 0 N–H and O–H groups in total. The number of benzene rings is 4. The molecule has 0 amide bonds. The van der Waals surface area contributed by atoms with Gasteiger partial charge in [0.05, 0.1) is 0 Å². The van der Waals surface area contributed by atoms with Crippen LogP contribution in [0.3, 0.4) is 0 Å². The van der Waals surface area contributed by atoms with Gasteiger partial charge in [0, 0.05) is 16.7 Å². The highest BCUT2D eigenvalue weighted by Crippen LogP contribution is 2.31. The summed E-state index contributed by atoms with van der Waals surface area (Å²) in [5, 5.41) is 0. The predicted molar refractivity (Wildman–Crippen MR) is 117 cm³/mol. The molecule has 148 valence electrons. The first-order valence-electron chi connectivity index (χ1n) is 9.61. The Morgan fingerprint density at radius 1 is 0.600 bits per heavy atom. The van der Waals surface area contributed by atoms with Crippen molar-refractivity contribution in [3.05, 3.63) is 119 Å². The van der Waals surface area contributed by atoms with Crippen molar-refractivity contribution in [1.29, 1.82) is 0 Å². The minimum absolute atomic E-state index is 0.201. The fraction of sp³-hybridized carbons (Fsp3) is 0.0370. The molecule has 0 saturated carbocycles. The Bertz CT molecular complexity index is 1210. The Kier molecular flexibility index (Phi) is 5.53. The standard InChI is InChI=1S/C27H19F3/c1-18-7-11-22(25(28)17-18)14-10-19-8-12-21(13-9-19)24-16-15-23(26(29)27(24)30)20-5-3-2-4-6-20/h2-17H,1H3/b14-10+. The van der Waals surface area contributed by atoms with E-state index in [-0.39, 0.29) is 16.9 Å². The van der Waals surface area contributed by atoms with Crippen LogP contribution in [0.25, 0.3) is 34.4 Å². The molecule has 0 aliphatic rings. The van der Waals surface area contributed by atoms with E-state index in [0.29, 0.717) is 16.7 Å². The second kappa shape index (κ2) is 8.42. The topological polar surface area (TPSA) is 0 Å². The molecule has 0 saturated heterocycles. The van der Waals surface area contributed by atoms with Gasteiger partial charge in [0.1, 0.15) is 5.82 Å². The summed E-state index contributed by atoms with van der Waals surface area (Å²) in [7, 11) is 0. The molecule has 0 unspecified atom stereocenters. The average Bonchev–Trinajstić information content (AvgIpc) is 2.76. The maximum atomic E-state index is 14.7. The average molecular weight is 400 g/mol. The molecule has 3 heteroatoms. The van der Waals surface area contributed by atoms with Crippen LogP contribution in [0.1, 0.15) is 16.7 Å². The van der Waals surface area contributed by atoms with Crippen LogP contribution in [0.4, 0.5) is 13.2 Å². The maximum Gasteiger partial charge on any atom is 0.167 e. The van der Waals surface area contributed by atoms with Gasteiger partial charge in [-0.3, -0.25) is 0 Å². The van der Waals surface area contributed by atoms with E-state index in [1.165, 1.54) is 6.07 Å². The van der Waals surface area contributed by atoms with Crippen molar-refractivity contribution in [2.24, 2.45) is 0 Å². The summed E-state index contributed by atoms with van der Waals surface area (Å²) in [5.41, 5.74) is 3.83. The first-order valence-corrected chi connectivity index (χ1v) is 9.61. The number of aryl methyl sites for hydroxylation is 1. The van der Waals surface area contributed by atoms with Crippen LogP contribution in [0.5, 0.6) is 0 Å². The molecule has 0 bridgehead atoms. The van der Waals surface area contributed by atoms with Crippen molar-refractivity contribution in [2.75, 3.05) is 0 Å². The Morgan fingerprint density at radius 2 is 1.20 bits per heavy atom. The Hall–Kier alpha value is -3.59. The van der Waals surface area contributed by atoms with E-state index < -0.39 is 11.6 Å². The summed E-state index contributed by atoms with van der Waals surface area (Å²) in [4.78, 5) is 0. The van der Waals surface area contributed by atoms with Crippen molar-refractivity contribution < 1.29 is 13.2 Å². The number of hydrogen-bond donors (Lipinski definition) is 0. The third kappa shape index (κ3) is 4.06.